The molecule has 2 rings (SSSR count). The van der Waals surface area contributed by atoms with Crippen molar-refractivity contribution < 1.29 is 40.2 Å². The predicted octanol–water partition coefficient (Wildman–Crippen LogP) is 1.05. The van der Waals surface area contributed by atoms with E-state index in [2.05, 4.69) is 13.2 Å². The van der Waals surface area contributed by atoms with Crippen LogP contribution < -0.4 is 21.2 Å². The molecular weight excluding hydrogens is 431 g/mol. The van der Waals surface area contributed by atoms with Crippen LogP contribution in [0.4, 0.5) is 0 Å². The van der Waals surface area contributed by atoms with Gasteiger partial charge in [-0.3, -0.25) is 0 Å². The Morgan fingerprint density at radius 3 is 1.40 bits per heavy atom. The van der Waals surface area contributed by atoms with Gasteiger partial charge in [0.15, 0.2) is 7.85 Å². The van der Waals surface area contributed by atoms with Crippen LogP contribution in [-0.2, 0) is 18.9 Å². The highest BCUT2D eigenvalue weighted by Crippen LogP contribution is 2.21. The zero-order valence-corrected chi connectivity index (χ0v) is 17.5. The van der Waals surface area contributed by atoms with Crippen LogP contribution in [0, 0.1) is 0 Å². The third kappa shape index (κ3) is 8.78. The zero-order chi connectivity index (χ0) is 17.7. The van der Waals surface area contributed by atoms with Gasteiger partial charge in [0.05, 0.1) is 37.9 Å². The average Bonchev–Trinajstić information content (AvgIpc) is 2.65. The van der Waals surface area contributed by atoms with Crippen molar-refractivity contribution in [3.63, 3.8) is 0 Å². The molecule has 0 amide bonds. The SMILES string of the molecule is C=COCCOC1CCC([I+]C2CCC(OCCOC=C)CC2)CC1. The molecule has 5 heteroatoms. The quantitative estimate of drug-likeness (QED) is 0.187. The van der Waals surface area contributed by atoms with E-state index in [0.717, 1.165) is 7.85 Å². The van der Waals surface area contributed by atoms with Crippen LogP contribution in [0.2, 0.25) is 0 Å². The minimum atomic E-state index is 0.318. The molecule has 0 radical (unpaired) electrons. The topological polar surface area (TPSA) is 36.9 Å². The Hall–Kier alpha value is -0.270. The number of rotatable bonds is 12. The Labute approximate surface area is 163 Å². The first-order valence-electron chi connectivity index (χ1n) is 9.62. The van der Waals surface area contributed by atoms with Crippen molar-refractivity contribution in [2.75, 3.05) is 26.4 Å². The molecule has 0 aromatic rings. The molecule has 0 heterocycles. The van der Waals surface area contributed by atoms with Crippen molar-refractivity contribution in [3.05, 3.63) is 25.7 Å². The molecule has 4 nitrogen and oxygen atoms in total. The fraction of sp³-hybridized carbons (Fsp3) is 0.800. The highest BCUT2D eigenvalue weighted by Gasteiger charge is 2.37. The molecule has 2 aliphatic carbocycles. The van der Waals surface area contributed by atoms with Crippen LogP contribution >= 0.6 is 0 Å². The first-order chi connectivity index (χ1) is 12.3. The molecule has 2 aliphatic rings. The molecule has 0 N–H and O–H groups in total. The van der Waals surface area contributed by atoms with Gasteiger partial charge in [0.1, 0.15) is 13.2 Å². The van der Waals surface area contributed by atoms with Crippen molar-refractivity contribution >= 4 is 0 Å². The van der Waals surface area contributed by atoms with Gasteiger partial charge in [-0.25, -0.2) is 0 Å². The summed E-state index contributed by atoms with van der Waals surface area (Å²) in [6.07, 6.45) is 14.3. The lowest BCUT2D eigenvalue weighted by Gasteiger charge is -2.27. The second kappa shape index (κ2) is 13.0. The Balaban J connectivity index is 1.51. The van der Waals surface area contributed by atoms with Crippen LogP contribution in [0.5, 0.6) is 0 Å². The van der Waals surface area contributed by atoms with Crippen LogP contribution in [0.1, 0.15) is 51.4 Å². The van der Waals surface area contributed by atoms with E-state index in [1.807, 2.05) is 0 Å². The molecule has 0 aromatic carbocycles. The predicted molar refractivity (Wildman–Crippen MR) is 96.3 cm³/mol. The van der Waals surface area contributed by atoms with Gasteiger partial charge >= 0.3 is 0 Å². The maximum atomic E-state index is 5.90. The molecule has 0 spiro atoms. The van der Waals surface area contributed by atoms with Crippen molar-refractivity contribution in [2.45, 2.75) is 71.4 Å². The van der Waals surface area contributed by atoms with Crippen molar-refractivity contribution in [1.29, 1.82) is 0 Å². The third-order valence-electron chi connectivity index (χ3n) is 4.91. The molecule has 0 aromatic heterocycles. The standard InChI is InChI=1S/C20H34IO4/c1-3-22-13-15-24-19-9-5-17(6-10-19)21-18-7-11-20(12-8-18)25-16-14-23-4-2/h3-4,17-20H,1-2,5-16H2/q+1. The van der Waals surface area contributed by atoms with E-state index in [4.69, 9.17) is 18.9 Å². The van der Waals surface area contributed by atoms with Gasteiger partial charge in [0, 0.05) is 0 Å². The van der Waals surface area contributed by atoms with E-state index in [0.29, 0.717) is 59.8 Å². The highest BCUT2D eigenvalue weighted by atomic mass is 127. The molecule has 0 saturated heterocycles. The second-order valence-electron chi connectivity index (χ2n) is 6.69. The van der Waals surface area contributed by atoms with Crippen LogP contribution in [-0.4, -0.2) is 46.5 Å². The second-order valence-corrected chi connectivity index (χ2v) is 10.9. The third-order valence-corrected chi connectivity index (χ3v) is 9.43. The number of hydrogen-bond acceptors (Lipinski definition) is 4. The van der Waals surface area contributed by atoms with Crippen LogP contribution in [0.3, 0.4) is 0 Å². The Morgan fingerprint density at radius 1 is 0.640 bits per heavy atom. The Morgan fingerprint density at radius 2 is 1.04 bits per heavy atom. The normalized spacial score (nSPS) is 29.8. The number of hydrogen-bond donors (Lipinski definition) is 0. The molecule has 0 aliphatic heterocycles. The lowest BCUT2D eigenvalue weighted by molar-refractivity contribution is -0.726. The maximum absolute atomic E-state index is 5.90. The molecule has 0 bridgehead atoms. The zero-order valence-electron chi connectivity index (χ0n) is 15.4. The van der Waals surface area contributed by atoms with Crippen molar-refractivity contribution in [2.24, 2.45) is 0 Å². The smallest absolute Gasteiger partial charge is 0.275 e. The average molecular weight is 465 g/mol. The van der Waals surface area contributed by atoms with Gasteiger partial charge in [-0.1, -0.05) is 13.2 Å². The molecule has 144 valence electrons. The first-order valence-corrected chi connectivity index (χ1v) is 12.1. The maximum Gasteiger partial charge on any atom is 0.275 e. The number of ether oxygens (including phenoxy) is 4. The van der Waals surface area contributed by atoms with E-state index in [9.17, 15) is 0 Å². The van der Waals surface area contributed by atoms with E-state index in [-0.39, 0.29) is 0 Å². The minimum Gasteiger partial charge on any atom is -0.499 e. The fourth-order valence-corrected chi connectivity index (χ4v) is 7.89. The molecular formula is C20H34IO4+. The van der Waals surface area contributed by atoms with Gasteiger partial charge in [0.2, 0.25) is 0 Å². The van der Waals surface area contributed by atoms with E-state index >= 15 is 0 Å². The summed E-state index contributed by atoms with van der Waals surface area (Å²) >= 11 is 0.318. The highest BCUT2D eigenvalue weighted by molar-refractivity contribution is 4.75. The molecule has 2 fully saturated rings. The van der Waals surface area contributed by atoms with Gasteiger partial charge in [-0.05, 0) is 51.4 Å². The van der Waals surface area contributed by atoms with Crippen LogP contribution in [0.25, 0.3) is 0 Å². The first kappa shape index (κ1) is 21.0. The summed E-state index contributed by atoms with van der Waals surface area (Å²) in [5.74, 6) is 0. The summed E-state index contributed by atoms with van der Waals surface area (Å²) in [6, 6.07) is 0. The van der Waals surface area contributed by atoms with Crippen molar-refractivity contribution in [3.8, 4) is 0 Å². The molecule has 0 unspecified atom stereocenters. The summed E-state index contributed by atoms with van der Waals surface area (Å²) in [4.78, 5) is 0. The monoisotopic (exact) mass is 465 g/mol. The van der Waals surface area contributed by atoms with Gasteiger partial charge < -0.3 is 18.9 Å². The summed E-state index contributed by atoms with van der Waals surface area (Å²) in [7, 11) is 0. The Kier molecular flexibility index (Phi) is 10.9. The van der Waals surface area contributed by atoms with Gasteiger partial charge in [-0.15, -0.1) is 0 Å². The largest absolute Gasteiger partial charge is 0.499 e. The van der Waals surface area contributed by atoms with Gasteiger partial charge in [-0.2, -0.15) is 0 Å². The van der Waals surface area contributed by atoms with Gasteiger partial charge in [0.25, 0.3) is 21.2 Å². The lowest BCUT2D eigenvalue weighted by atomic mass is 9.98. The molecule has 0 atom stereocenters. The van der Waals surface area contributed by atoms with E-state index in [1.54, 1.807) is 0 Å². The van der Waals surface area contributed by atoms with E-state index in [1.165, 1.54) is 63.9 Å². The fourth-order valence-electron chi connectivity index (χ4n) is 3.57. The minimum absolute atomic E-state index is 0.318. The lowest BCUT2D eigenvalue weighted by Crippen LogP contribution is -3.68. The van der Waals surface area contributed by atoms with E-state index < -0.39 is 0 Å². The molecule has 2 saturated carbocycles. The van der Waals surface area contributed by atoms with Crippen molar-refractivity contribution in [1.82, 2.24) is 0 Å². The summed E-state index contributed by atoms with van der Waals surface area (Å²) in [5.41, 5.74) is 0. The summed E-state index contributed by atoms with van der Waals surface area (Å²) < 4.78 is 24.0. The summed E-state index contributed by atoms with van der Waals surface area (Å²) in [6.45, 7) is 9.73. The molecule has 25 heavy (non-hydrogen) atoms. The Bertz CT molecular complexity index is 327. The number of alkyl halides is 2. The van der Waals surface area contributed by atoms with Crippen LogP contribution in [0.15, 0.2) is 25.7 Å². The summed E-state index contributed by atoms with van der Waals surface area (Å²) in [5, 5.41) is 0. The number of halogens is 1.